The molecule has 0 aliphatic carbocycles. The third kappa shape index (κ3) is 2.09. The van der Waals surface area contributed by atoms with Gasteiger partial charge >= 0.3 is 0 Å². The summed E-state index contributed by atoms with van der Waals surface area (Å²) in [5.41, 5.74) is 9.44. The van der Waals surface area contributed by atoms with Crippen LogP contribution in [0.15, 0.2) is 24.5 Å². The zero-order valence-electron chi connectivity index (χ0n) is 10.5. The Kier molecular flexibility index (Phi) is 2.76. The van der Waals surface area contributed by atoms with Crippen molar-refractivity contribution in [3.05, 3.63) is 41.5 Å². The Balaban J connectivity index is 1.76. The molecule has 0 atom stereocenters. The lowest BCUT2D eigenvalue weighted by atomic mass is 9.99. The highest BCUT2D eigenvalue weighted by molar-refractivity contribution is 5.45. The number of hydrogen-bond acceptors (Lipinski definition) is 4. The van der Waals surface area contributed by atoms with Crippen molar-refractivity contribution in [1.29, 1.82) is 0 Å². The van der Waals surface area contributed by atoms with Gasteiger partial charge in [-0.2, -0.15) is 5.10 Å². The summed E-state index contributed by atoms with van der Waals surface area (Å²) in [6, 6.07) is 6.21. The number of nitrogen functional groups attached to an aromatic ring is 1. The lowest BCUT2D eigenvalue weighted by molar-refractivity contribution is 0.236. The van der Waals surface area contributed by atoms with E-state index in [0.29, 0.717) is 0 Å². The zero-order chi connectivity index (χ0) is 12.5. The normalized spacial score (nSPS) is 15.6. The van der Waals surface area contributed by atoms with Crippen molar-refractivity contribution in [3.8, 4) is 0 Å². The number of benzene rings is 1. The summed E-state index contributed by atoms with van der Waals surface area (Å²) in [6.07, 6.45) is 2.68. The predicted octanol–water partition coefficient (Wildman–Crippen LogP) is 0.956. The topological polar surface area (TPSA) is 60.0 Å². The Hall–Kier alpha value is -1.88. The van der Waals surface area contributed by atoms with Gasteiger partial charge in [-0.1, -0.05) is 6.07 Å². The molecule has 0 bridgehead atoms. The zero-order valence-corrected chi connectivity index (χ0v) is 10.5. The molecular formula is C13H17N5. The van der Waals surface area contributed by atoms with Crippen LogP contribution in [-0.4, -0.2) is 26.2 Å². The van der Waals surface area contributed by atoms with E-state index in [1.54, 1.807) is 6.33 Å². The minimum absolute atomic E-state index is 0.838. The Bertz CT molecular complexity index is 560. The summed E-state index contributed by atoms with van der Waals surface area (Å²) in [5, 5.41) is 4.10. The molecule has 1 aliphatic heterocycles. The standard InChI is InChI=1S/C13H17N5/c1-17-13(15-9-16-17)8-18-5-4-10-2-3-12(14)6-11(10)7-18/h2-3,6,9H,4-5,7-8,14H2,1H3. The first-order chi connectivity index (χ1) is 8.72. The van der Waals surface area contributed by atoms with Crippen LogP contribution in [0.4, 0.5) is 5.69 Å². The van der Waals surface area contributed by atoms with E-state index >= 15 is 0 Å². The molecule has 2 aromatic rings. The number of aromatic nitrogens is 3. The second-order valence-electron chi connectivity index (χ2n) is 4.79. The number of nitrogens with zero attached hydrogens (tertiary/aromatic N) is 4. The van der Waals surface area contributed by atoms with Gasteiger partial charge in [0.15, 0.2) is 0 Å². The molecule has 1 aromatic carbocycles. The van der Waals surface area contributed by atoms with Crippen LogP contribution in [0.3, 0.4) is 0 Å². The monoisotopic (exact) mass is 243 g/mol. The third-order valence-electron chi connectivity index (χ3n) is 3.49. The molecule has 5 heteroatoms. The second-order valence-corrected chi connectivity index (χ2v) is 4.79. The van der Waals surface area contributed by atoms with Crippen LogP contribution in [0.25, 0.3) is 0 Å². The molecule has 2 heterocycles. The Labute approximate surface area is 106 Å². The van der Waals surface area contributed by atoms with Crippen molar-refractivity contribution < 1.29 is 0 Å². The molecular weight excluding hydrogens is 226 g/mol. The fourth-order valence-electron chi connectivity index (χ4n) is 2.43. The summed E-state index contributed by atoms with van der Waals surface area (Å²) < 4.78 is 1.83. The van der Waals surface area contributed by atoms with Gasteiger partial charge in [0.1, 0.15) is 12.2 Å². The molecule has 0 amide bonds. The molecule has 3 rings (SSSR count). The van der Waals surface area contributed by atoms with E-state index in [9.17, 15) is 0 Å². The summed E-state index contributed by atoms with van der Waals surface area (Å²) in [5.74, 6) is 1.00. The second kappa shape index (κ2) is 4.42. The highest BCUT2D eigenvalue weighted by Crippen LogP contribution is 2.22. The van der Waals surface area contributed by atoms with Crippen LogP contribution < -0.4 is 5.73 Å². The maximum absolute atomic E-state index is 5.84. The van der Waals surface area contributed by atoms with E-state index in [-0.39, 0.29) is 0 Å². The number of aryl methyl sites for hydroxylation is 1. The number of rotatable bonds is 2. The fourth-order valence-corrected chi connectivity index (χ4v) is 2.43. The van der Waals surface area contributed by atoms with E-state index in [2.05, 4.69) is 27.1 Å². The third-order valence-corrected chi connectivity index (χ3v) is 3.49. The quantitative estimate of drug-likeness (QED) is 0.798. The SMILES string of the molecule is Cn1ncnc1CN1CCc2ccc(N)cc2C1. The van der Waals surface area contributed by atoms with Crippen LogP contribution in [0.1, 0.15) is 17.0 Å². The minimum Gasteiger partial charge on any atom is -0.399 e. The Morgan fingerprint density at radius 1 is 1.33 bits per heavy atom. The molecule has 94 valence electrons. The molecule has 0 radical (unpaired) electrons. The molecule has 1 aromatic heterocycles. The average molecular weight is 243 g/mol. The van der Waals surface area contributed by atoms with Crippen molar-refractivity contribution in [2.75, 3.05) is 12.3 Å². The molecule has 0 spiro atoms. The van der Waals surface area contributed by atoms with E-state index in [0.717, 1.165) is 37.6 Å². The van der Waals surface area contributed by atoms with E-state index in [1.165, 1.54) is 11.1 Å². The van der Waals surface area contributed by atoms with Crippen molar-refractivity contribution >= 4 is 5.69 Å². The average Bonchev–Trinajstić information content (AvgIpc) is 2.74. The van der Waals surface area contributed by atoms with Gasteiger partial charge in [-0.15, -0.1) is 0 Å². The van der Waals surface area contributed by atoms with Gasteiger partial charge in [-0.25, -0.2) is 4.98 Å². The molecule has 0 saturated carbocycles. The lowest BCUT2D eigenvalue weighted by Gasteiger charge is -2.28. The van der Waals surface area contributed by atoms with E-state index in [1.807, 2.05) is 17.8 Å². The van der Waals surface area contributed by atoms with Gasteiger partial charge < -0.3 is 5.73 Å². The first-order valence-corrected chi connectivity index (χ1v) is 6.15. The van der Waals surface area contributed by atoms with Crippen LogP contribution >= 0.6 is 0 Å². The molecule has 1 aliphatic rings. The minimum atomic E-state index is 0.838. The van der Waals surface area contributed by atoms with E-state index in [4.69, 9.17) is 5.73 Å². The van der Waals surface area contributed by atoms with Crippen LogP contribution in [-0.2, 0) is 26.6 Å². The molecule has 0 fully saturated rings. The van der Waals surface area contributed by atoms with E-state index < -0.39 is 0 Å². The van der Waals surface area contributed by atoms with Crippen molar-refractivity contribution in [2.45, 2.75) is 19.5 Å². The smallest absolute Gasteiger partial charge is 0.140 e. The van der Waals surface area contributed by atoms with Gasteiger partial charge in [-0.3, -0.25) is 9.58 Å². The van der Waals surface area contributed by atoms with Crippen molar-refractivity contribution in [3.63, 3.8) is 0 Å². The number of nitrogens with two attached hydrogens (primary N) is 1. The number of anilines is 1. The molecule has 18 heavy (non-hydrogen) atoms. The Morgan fingerprint density at radius 3 is 3.00 bits per heavy atom. The van der Waals surface area contributed by atoms with Gasteiger partial charge in [0, 0.05) is 25.8 Å². The summed E-state index contributed by atoms with van der Waals surface area (Å²) in [6.45, 7) is 2.84. The summed E-state index contributed by atoms with van der Waals surface area (Å²) in [4.78, 5) is 6.65. The van der Waals surface area contributed by atoms with Crippen LogP contribution in [0, 0.1) is 0 Å². The van der Waals surface area contributed by atoms with Crippen molar-refractivity contribution in [2.24, 2.45) is 7.05 Å². The van der Waals surface area contributed by atoms with Gasteiger partial charge in [0.2, 0.25) is 0 Å². The predicted molar refractivity (Wildman–Crippen MR) is 69.7 cm³/mol. The fraction of sp³-hybridized carbons (Fsp3) is 0.385. The first kappa shape index (κ1) is 11.2. The summed E-state index contributed by atoms with van der Waals surface area (Å²) in [7, 11) is 1.93. The molecule has 5 nitrogen and oxygen atoms in total. The number of hydrogen-bond donors (Lipinski definition) is 1. The van der Waals surface area contributed by atoms with Gasteiger partial charge in [0.05, 0.1) is 6.54 Å². The largest absolute Gasteiger partial charge is 0.399 e. The number of fused-ring (bicyclic) bond motifs is 1. The van der Waals surface area contributed by atoms with Crippen LogP contribution in [0.5, 0.6) is 0 Å². The van der Waals surface area contributed by atoms with Crippen molar-refractivity contribution in [1.82, 2.24) is 19.7 Å². The maximum atomic E-state index is 5.84. The Morgan fingerprint density at radius 2 is 2.22 bits per heavy atom. The van der Waals surface area contributed by atoms with Crippen LogP contribution in [0.2, 0.25) is 0 Å². The maximum Gasteiger partial charge on any atom is 0.140 e. The lowest BCUT2D eigenvalue weighted by Crippen LogP contribution is -2.31. The van der Waals surface area contributed by atoms with Gasteiger partial charge in [0.25, 0.3) is 0 Å². The van der Waals surface area contributed by atoms with Gasteiger partial charge in [-0.05, 0) is 29.7 Å². The first-order valence-electron chi connectivity index (χ1n) is 6.15. The highest BCUT2D eigenvalue weighted by atomic mass is 15.3. The molecule has 2 N–H and O–H groups in total. The highest BCUT2D eigenvalue weighted by Gasteiger charge is 2.17. The molecule has 0 unspecified atom stereocenters. The summed E-state index contributed by atoms with van der Waals surface area (Å²) >= 11 is 0. The molecule has 0 saturated heterocycles.